The Morgan fingerprint density at radius 2 is 2.67 bits per heavy atom. The van der Waals surface area contributed by atoms with Crippen molar-refractivity contribution in [2.75, 3.05) is 0 Å². The fraction of sp³-hybridized carbons (Fsp3) is 0.286. The molecule has 0 aromatic carbocycles. The Labute approximate surface area is 59.3 Å². The van der Waals surface area contributed by atoms with Gasteiger partial charge in [-0.25, -0.2) is 0 Å². The first kappa shape index (κ1) is 6.62. The maximum atomic E-state index is 5.19. The molecule has 0 aliphatic carbocycles. The van der Waals surface area contributed by atoms with Crippen molar-refractivity contribution in [2.45, 2.75) is 13.3 Å². The Kier molecular flexibility index (Phi) is 2.58. The fourth-order valence-corrected chi connectivity index (χ4v) is 1.07. The summed E-state index contributed by atoms with van der Waals surface area (Å²) in [5.74, 6) is 0. The van der Waals surface area contributed by atoms with Crippen LogP contribution in [-0.4, -0.2) is 0 Å². The molecule has 49 valence electrons. The molecule has 0 aliphatic rings. The molecule has 0 saturated heterocycles. The smallest absolute Gasteiger partial charge is 0.174 e. The topological polar surface area (TPSA) is 9.23 Å². The van der Waals surface area contributed by atoms with E-state index in [0.717, 1.165) is 11.5 Å². The molecule has 0 unspecified atom stereocenters. The normalized spacial score (nSPS) is 9.44. The predicted molar refractivity (Wildman–Crippen MR) is 39.5 cm³/mol. The highest BCUT2D eigenvalue weighted by molar-refractivity contribution is 7.11. The average Bonchev–Trinajstić information content (AvgIpc) is 2.34. The van der Waals surface area contributed by atoms with Gasteiger partial charge in [-0.05, 0) is 23.9 Å². The summed E-state index contributed by atoms with van der Waals surface area (Å²) in [6.45, 7) is 3.85. The largest absolute Gasteiger partial charge is 0.477 e. The molecule has 0 N–H and O–H groups in total. The maximum absolute atomic E-state index is 5.19. The predicted octanol–water partition coefficient (Wildman–Crippen LogP) is 2.70. The van der Waals surface area contributed by atoms with Crippen molar-refractivity contribution in [3.05, 3.63) is 24.1 Å². The third kappa shape index (κ3) is 2.06. The molecule has 0 amide bonds. The molecule has 0 atom stereocenters. The van der Waals surface area contributed by atoms with Crippen molar-refractivity contribution in [1.82, 2.24) is 0 Å². The Hall–Kier alpha value is -0.500. The van der Waals surface area contributed by atoms with Crippen molar-refractivity contribution in [2.24, 2.45) is 0 Å². The number of hydrogen-bond donors (Lipinski definition) is 0. The first-order valence-corrected chi connectivity index (χ1v) is 3.83. The van der Waals surface area contributed by atoms with Gasteiger partial charge < -0.3 is 4.74 Å². The van der Waals surface area contributed by atoms with Crippen LogP contribution in [0.1, 0.15) is 13.3 Å². The van der Waals surface area contributed by atoms with Crippen molar-refractivity contribution >= 4 is 11.3 Å². The van der Waals surface area contributed by atoms with E-state index in [9.17, 15) is 0 Å². The summed E-state index contributed by atoms with van der Waals surface area (Å²) in [4.78, 5) is 0. The number of ether oxygens (including phenoxy) is 1. The number of thiophene rings is 1. The molecule has 1 rings (SSSR count). The molecule has 0 bridgehead atoms. The van der Waals surface area contributed by atoms with E-state index in [0.29, 0.717) is 0 Å². The minimum absolute atomic E-state index is 0.956. The molecule has 1 radical (unpaired) electrons. The molecule has 9 heavy (non-hydrogen) atoms. The van der Waals surface area contributed by atoms with Crippen LogP contribution in [-0.2, 0) is 0 Å². The van der Waals surface area contributed by atoms with Crippen LogP contribution < -0.4 is 4.74 Å². The van der Waals surface area contributed by atoms with Gasteiger partial charge in [0.05, 0.1) is 0 Å². The van der Waals surface area contributed by atoms with E-state index < -0.39 is 0 Å². The summed E-state index contributed by atoms with van der Waals surface area (Å²) in [7, 11) is 0. The van der Waals surface area contributed by atoms with Gasteiger partial charge in [-0.2, -0.15) is 0 Å². The second-order valence-electron chi connectivity index (χ2n) is 1.62. The van der Waals surface area contributed by atoms with Gasteiger partial charge in [-0.1, -0.05) is 6.92 Å². The third-order valence-corrected chi connectivity index (χ3v) is 1.62. The lowest BCUT2D eigenvalue weighted by Gasteiger charge is -1.95. The molecule has 0 saturated carbocycles. The number of hydrogen-bond acceptors (Lipinski definition) is 2. The zero-order valence-electron chi connectivity index (χ0n) is 5.33. The van der Waals surface area contributed by atoms with Gasteiger partial charge >= 0.3 is 0 Å². The van der Waals surface area contributed by atoms with E-state index in [2.05, 4.69) is 0 Å². The van der Waals surface area contributed by atoms with E-state index in [4.69, 9.17) is 4.74 Å². The van der Waals surface area contributed by atoms with Crippen LogP contribution in [0.15, 0.2) is 17.5 Å². The highest BCUT2D eigenvalue weighted by Gasteiger charge is 1.89. The number of rotatable bonds is 3. The molecule has 0 spiro atoms. The minimum Gasteiger partial charge on any atom is -0.477 e. The fourth-order valence-electron chi connectivity index (χ4n) is 0.496. The summed E-state index contributed by atoms with van der Waals surface area (Å²) >= 11 is 1.61. The van der Waals surface area contributed by atoms with Crippen molar-refractivity contribution in [3.63, 3.8) is 0 Å². The van der Waals surface area contributed by atoms with Crippen LogP contribution in [0.2, 0.25) is 0 Å². The molecule has 1 nitrogen and oxygen atoms in total. The van der Waals surface area contributed by atoms with E-state index in [1.807, 2.05) is 24.4 Å². The van der Waals surface area contributed by atoms with E-state index in [-0.39, 0.29) is 0 Å². The van der Waals surface area contributed by atoms with Crippen LogP contribution in [0.5, 0.6) is 5.06 Å². The lowest BCUT2D eigenvalue weighted by Crippen LogP contribution is -1.83. The molecule has 0 aliphatic heterocycles. The minimum atomic E-state index is 0.956. The van der Waals surface area contributed by atoms with E-state index in [1.165, 1.54) is 0 Å². The highest BCUT2D eigenvalue weighted by Crippen LogP contribution is 2.18. The summed E-state index contributed by atoms with van der Waals surface area (Å²) < 4.78 is 5.19. The first-order chi connectivity index (χ1) is 4.43. The molecule has 0 fully saturated rings. The van der Waals surface area contributed by atoms with Crippen molar-refractivity contribution in [3.8, 4) is 5.06 Å². The van der Waals surface area contributed by atoms with E-state index >= 15 is 0 Å². The molecular formula is C7H9OS. The Bertz CT molecular complexity index is 146. The zero-order valence-corrected chi connectivity index (χ0v) is 6.15. The van der Waals surface area contributed by atoms with Crippen LogP contribution in [0.3, 0.4) is 0 Å². The molecule has 1 aromatic heterocycles. The van der Waals surface area contributed by atoms with Crippen LogP contribution in [0.25, 0.3) is 0 Å². The van der Waals surface area contributed by atoms with Gasteiger partial charge in [0, 0.05) is 0 Å². The van der Waals surface area contributed by atoms with Crippen LogP contribution in [0, 0.1) is 6.61 Å². The lowest BCUT2D eigenvalue weighted by molar-refractivity contribution is 0.408. The van der Waals surface area contributed by atoms with Gasteiger partial charge in [0.1, 0.15) is 6.61 Å². The van der Waals surface area contributed by atoms with Gasteiger partial charge in [0.25, 0.3) is 0 Å². The average molecular weight is 141 g/mol. The molecule has 1 heterocycles. The summed E-state index contributed by atoms with van der Waals surface area (Å²) in [6.07, 6.45) is 0.956. The Balaban J connectivity index is 2.30. The lowest BCUT2D eigenvalue weighted by atomic mass is 10.5. The monoisotopic (exact) mass is 141 g/mol. The summed E-state index contributed by atoms with van der Waals surface area (Å²) in [6, 6.07) is 3.93. The van der Waals surface area contributed by atoms with Gasteiger partial charge in [0.15, 0.2) is 5.06 Å². The van der Waals surface area contributed by atoms with Gasteiger partial charge in [-0.3, -0.25) is 0 Å². The summed E-state index contributed by atoms with van der Waals surface area (Å²) in [5.41, 5.74) is 0. The Morgan fingerprint density at radius 1 is 1.78 bits per heavy atom. The second-order valence-corrected chi connectivity index (χ2v) is 2.54. The van der Waals surface area contributed by atoms with Crippen LogP contribution in [0.4, 0.5) is 0 Å². The third-order valence-electron chi connectivity index (χ3n) is 0.861. The highest BCUT2D eigenvalue weighted by atomic mass is 32.1. The van der Waals surface area contributed by atoms with Crippen molar-refractivity contribution < 1.29 is 4.74 Å². The zero-order chi connectivity index (χ0) is 6.53. The maximum Gasteiger partial charge on any atom is 0.174 e. The second kappa shape index (κ2) is 3.51. The first-order valence-electron chi connectivity index (χ1n) is 2.95. The molecule has 2 heteroatoms. The quantitative estimate of drug-likeness (QED) is 0.628. The SMILES string of the molecule is CC[CH]Oc1cccs1. The van der Waals surface area contributed by atoms with Gasteiger partial charge in [-0.15, -0.1) is 11.3 Å². The van der Waals surface area contributed by atoms with Crippen molar-refractivity contribution in [1.29, 1.82) is 0 Å². The molecular weight excluding hydrogens is 132 g/mol. The Morgan fingerprint density at radius 3 is 3.22 bits per heavy atom. The van der Waals surface area contributed by atoms with Gasteiger partial charge in [0.2, 0.25) is 0 Å². The molecule has 1 aromatic rings. The summed E-state index contributed by atoms with van der Waals surface area (Å²) in [5, 5.41) is 2.97. The van der Waals surface area contributed by atoms with E-state index in [1.54, 1.807) is 17.9 Å². The standard InChI is InChI=1S/C7H9OS/c1-2-5-8-7-4-3-6-9-7/h3-6H,2H2,1H3. The van der Waals surface area contributed by atoms with Crippen LogP contribution >= 0.6 is 11.3 Å².